The van der Waals surface area contributed by atoms with Gasteiger partial charge in [0.25, 0.3) is 0 Å². The Morgan fingerprint density at radius 2 is 1.60 bits per heavy atom. The molecular formula is C20H21NO3S. The van der Waals surface area contributed by atoms with E-state index in [9.17, 15) is 8.42 Å². The molecule has 0 radical (unpaired) electrons. The Balaban J connectivity index is 1.92. The van der Waals surface area contributed by atoms with Crippen molar-refractivity contribution < 1.29 is 13.2 Å². The summed E-state index contributed by atoms with van der Waals surface area (Å²) in [7, 11) is -2.05. The van der Waals surface area contributed by atoms with E-state index in [4.69, 9.17) is 4.74 Å². The summed E-state index contributed by atoms with van der Waals surface area (Å²) in [5.41, 5.74) is 2.29. The number of nitrogens with one attached hydrogen (secondary N) is 1. The average molecular weight is 355 g/mol. The van der Waals surface area contributed by atoms with Crippen LogP contribution in [0.2, 0.25) is 0 Å². The molecule has 3 aromatic rings. The van der Waals surface area contributed by atoms with Gasteiger partial charge in [-0.3, -0.25) is 0 Å². The van der Waals surface area contributed by atoms with Crippen LogP contribution in [0, 0.1) is 13.8 Å². The molecule has 4 nitrogen and oxygen atoms in total. The molecule has 0 aromatic heterocycles. The number of sulfonamides is 1. The Morgan fingerprint density at radius 3 is 2.28 bits per heavy atom. The van der Waals surface area contributed by atoms with Gasteiger partial charge in [-0.05, 0) is 53.4 Å². The van der Waals surface area contributed by atoms with Gasteiger partial charge in [0.05, 0.1) is 12.0 Å². The molecule has 0 aliphatic rings. The third-order valence-electron chi connectivity index (χ3n) is 4.27. The summed E-state index contributed by atoms with van der Waals surface area (Å²) in [6.45, 7) is 3.80. The smallest absolute Gasteiger partial charge is 0.241 e. The molecule has 0 aliphatic heterocycles. The van der Waals surface area contributed by atoms with Crippen molar-refractivity contribution in [1.82, 2.24) is 4.72 Å². The van der Waals surface area contributed by atoms with Crippen LogP contribution in [0.1, 0.15) is 16.7 Å². The summed E-state index contributed by atoms with van der Waals surface area (Å²) in [4.78, 5) is 0.313. The quantitative estimate of drug-likeness (QED) is 0.754. The van der Waals surface area contributed by atoms with Crippen LogP contribution in [0.3, 0.4) is 0 Å². The fourth-order valence-electron chi connectivity index (χ4n) is 3.14. The molecule has 130 valence electrons. The number of fused-ring (bicyclic) bond motifs is 1. The van der Waals surface area contributed by atoms with Crippen molar-refractivity contribution in [2.45, 2.75) is 25.3 Å². The molecule has 0 spiro atoms. The summed E-state index contributed by atoms with van der Waals surface area (Å²) >= 11 is 0. The molecule has 0 heterocycles. The van der Waals surface area contributed by atoms with E-state index in [1.54, 1.807) is 33.1 Å². The third-order valence-corrected chi connectivity index (χ3v) is 5.98. The number of rotatable bonds is 5. The number of ether oxygens (including phenoxy) is 1. The number of methoxy groups -OCH3 is 1. The predicted octanol–water partition coefficient (Wildman–Crippen LogP) is 3.94. The van der Waals surface area contributed by atoms with E-state index in [2.05, 4.69) is 4.72 Å². The maximum Gasteiger partial charge on any atom is 0.241 e. The van der Waals surface area contributed by atoms with Gasteiger partial charge in [0.1, 0.15) is 5.75 Å². The lowest BCUT2D eigenvalue weighted by molar-refractivity contribution is 0.413. The zero-order chi connectivity index (χ0) is 18.0. The molecule has 0 saturated heterocycles. The minimum absolute atomic E-state index is 0.245. The Morgan fingerprint density at radius 1 is 0.960 bits per heavy atom. The second kappa shape index (κ2) is 6.86. The molecular weight excluding hydrogens is 334 g/mol. The van der Waals surface area contributed by atoms with E-state index < -0.39 is 10.0 Å². The summed E-state index contributed by atoms with van der Waals surface area (Å²) < 4.78 is 33.6. The summed E-state index contributed by atoms with van der Waals surface area (Å²) in [6.07, 6.45) is 0. The average Bonchev–Trinajstić information content (AvgIpc) is 2.59. The van der Waals surface area contributed by atoms with Crippen molar-refractivity contribution in [3.05, 3.63) is 71.3 Å². The molecule has 0 amide bonds. The zero-order valence-electron chi connectivity index (χ0n) is 14.5. The highest BCUT2D eigenvalue weighted by Gasteiger charge is 2.20. The lowest BCUT2D eigenvalue weighted by atomic mass is 10.1. The summed E-state index contributed by atoms with van der Waals surface area (Å²) in [5, 5.41) is 2.15. The van der Waals surface area contributed by atoms with Crippen molar-refractivity contribution >= 4 is 20.8 Å². The lowest BCUT2D eigenvalue weighted by Crippen LogP contribution is -2.25. The van der Waals surface area contributed by atoms with Crippen LogP contribution in [-0.4, -0.2) is 15.5 Å². The largest absolute Gasteiger partial charge is 0.497 e. The molecule has 5 heteroatoms. The highest BCUT2D eigenvalue weighted by molar-refractivity contribution is 7.89. The van der Waals surface area contributed by atoms with Gasteiger partial charge < -0.3 is 4.74 Å². The minimum atomic E-state index is -3.62. The number of aryl methyl sites for hydroxylation is 2. The van der Waals surface area contributed by atoms with Crippen LogP contribution in [0.25, 0.3) is 10.8 Å². The maximum atomic E-state index is 12.8. The first-order valence-corrected chi connectivity index (χ1v) is 9.52. The highest BCUT2D eigenvalue weighted by Crippen LogP contribution is 2.26. The van der Waals surface area contributed by atoms with Crippen LogP contribution >= 0.6 is 0 Å². The SMILES string of the molecule is COc1cc(C)c(S(=O)(=O)NCc2cccc3ccccc23)c(C)c1. The molecule has 3 rings (SSSR count). The van der Waals surface area contributed by atoms with Crippen LogP contribution in [-0.2, 0) is 16.6 Å². The van der Waals surface area contributed by atoms with Gasteiger partial charge in [0, 0.05) is 6.54 Å². The van der Waals surface area contributed by atoms with Crippen LogP contribution < -0.4 is 9.46 Å². The van der Waals surface area contributed by atoms with Crippen LogP contribution in [0.5, 0.6) is 5.75 Å². The van der Waals surface area contributed by atoms with Gasteiger partial charge in [-0.25, -0.2) is 13.1 Å². The third kappa shape index (κ3) is 3.52. The first kappa shape index (κ1) is 17.5. The second-order valence-corrected chi connectivity index (χ2v) is 7.76. The molecule has 0 fully saturated rings. The lowest BCUT2D eigenvalue weighted by Gasteiger charge is -2.14. The molecule has 0 unspecified atom stereocenters. The Bertz CT molecular complexity index is 998. The van der Waals surface area contributed by atoms with Crippen molar-refractivity contribution in [1.29, 1.82) is 0 Å². The molecule has 25 heavy (non-hydrogen) atoms. The Hall–Kier alpha value is -2.37. The van der Waals surface area contributed by atoms with E-state index in [1.807, 2.05) is 42.5 Å². The van der Waals surface area contributed by atoms with E-state index in [0.717, 1.165) is 16.3 Å². The van der Waals surface area contributed by atoms with E-state index >= 15 is 0 Å². The monoisotopic (exact) mass is 355 g/mol. The van der Waals surface area contributed by atoms with Gasteiger partial charge in [-0.1, -0.05) is 42.5 Å². The van der Waals surface area contributed by atoms with Crippen molar-refractivity contribution in [3.8, 4) is 5.75 Å². The first-order valence-electron chi connectivity index (χ1n) is 8.04. The van der Waals surface area contributed by atoms with Gasteiger partial charge in [0.15, 0.2) is 0 Å². The normalized spacial score (nSPS) is 11.6. The summed E-state index contributed by atoms with van der Waals surface area (Å²) in [6, 6.07) is 17.3. The van der Waals surface area contributed by atoms with Crippen molar-refractivity contribution in [2.75, 3.05) is 7.11 Å². The van der Waals surface area contributed by atoms with Gasteiger partial charge >= 0.3 is 0 Å². The van der Waals surface area contributed by atoms with Gasteiger partial charge in [-0.15, -0.1) is 0 Å². The number of hydrogen-bond acceptors (Lipinski definition) is 3. The zero-order valence-corrected chi connectivity index (χ0v) is 15.4. The Kier molecular flexibility index (Phi) is 4.79. The van der Waals surface area contributed by atoms with Crippen molar-refractivity contribution in [2.24, 2.45) is 0 Å². The molecule has 0 atom stereocenters. The van der Waals surface area contributed by atoms with E-state index in [1.165, 1.54) is 0 Å². The summed E-state index contributed by atoms with van der Waals surface area (Å²) in [5.74, 6) is 0.656. The first-order chi connectivity index (χ1) is 11.9. The fraction of sp³-hybridized carbons (Fsp3) is 0.200. The molecule has 0 saturated carbocycles. The van der Waals surface area contributed by atoms with Crippen LogP contribution in [0.15, 0.2) is 59.5 Å². The van der Waals surface area contributed by atoms with Gasteiger partial charge in [0.2, 0.25) is 10.0 Å². The van der Waals surface area contributed by atoms with E-state index in [-0.39, 0.29) is 6.54 Å². The molecule has 0 aliphatic carbocycles. The highest BCUT2D eigenvalue weighted by atomic mass is 32.2. The topological polar surface area (TPSA) is 55.4 Å². The second-order valence-electron chi connectivity index (χ2n) is 6.05. The molecule has 1 N–H and O–H groups in total. The molecule has 3 aromatic carbocycles. The number of hydrogen-bond donors (Lipinski definition) is 1. The Labute approximate surface area is 148 Å². The maximum absolute atomic E-state index is 12.8. The standard InChI is InChI=1S/C20H21NO3S/c1-14-11-18(24-3)12-15(2)20(14)25(22,23)21-13-17-9-6-8-16-7-4-5-10-19(16)17/h4-12,21H,13H2,1-3H3. The minimum Gasteiger partial charge on any atom is -0.497 e. The van der Waals surface area contributed by atoms with Crippen molar-refractivity contribution in [3.63, 3.8) is 0 Å². The van der Waals surface area contributed by atoms with E-state index in [0.29, 0.717) is 21.8 Å². The molecule has 0 bridgehead atoms. The van der Waals surface area contributed by atoms with Crippen LogP contribution in [0.4, 0.5) is 0 Å². The number of benzene rings is 3. The van der Waals surface area contributed by atoms with Gasteiger partial charge in [-0.2, -0.15) is 0 Å². The fourth-order valence-corrected chi connectivity index (χ4v) is 4.60. The predicted molar refractivity (Wildman–Crippen MR) is 100 cm³/mol.